The predicted octanol–water partition coefficient (Wildman–Crippen LogP) is 5.50. The number of fused-ring (bicyclic) bond motifs is 1. The molecule has 0 spiro atoms. The number of nitrogens with zero attached hydrogens (tertiary/aromatic N) is 1. The minimum absolute atomic E-state index is 0.103. The molecular formula is C22H27NOS. The van der Waals surface area contributed by atoms with Gasteiger partial charge in [-0.2, -0.15) is 0 Å². The lowest BCUT2D eigenvalue weighted by Gasteiger charge is -2.36. The van der Waals surface area contributed by atoms with E-state index in [0.717, 1.165) is 25.3 Å². The van der Waals surface area contributed by atoms with E-state index in [-0.39, 0.29) is 6.04 Å². The molecule has 2 aromatic rings. The van der Waals surface area contributed by atoms with E-state index < -0.39 is 0 Å². The Bertz CT molecular complexity index is 727. The molecule has 132 valence electrons. The van der Waals surface area contributed by atoms with Gasteiger partial charge in [-0.15, -0.1) is 11.3 Å². The van der Waals surface area contributed by atoms with Gasteiger partial charge in [0.25, 0.3) is 0 Å². The van der Waals surface area contributed by atoms with Crippen molar-refractivity contribution >= 4 is 17.2 Å². The molecule has 1 atom stereocenters. The van der Waals surface area contributed by atoms with Gasteiger partial charge >= 0.3 is 0 Å². The van der Waals surface area contributed by atoms with Crippen molar-refractivity contribution in [2.24, 2.45) is 5.92 Å². The van der Waals surface area contributed by atoms with Gasteiger partial charge in [-0.1, -0.05) is 55.5 Å². The minimum atomic E-state index is 0.103. The minimum Gasteiger partial charge on any atom is -0.331 e. The zero-order chi connectivity index (χ0) is 17.2. The highest BCUT2D eigenvalue weighted by Gasteiger charge is 2.32. The van der Waals surface area contributed by atoms with Gasteiger partial charge in [0, 0.05) is 17.8 Å². The number of rotatable bonds is 4. The van der Waals surface area contributed by atoms with Gasteiger partial charge < -0.3 is 4.90 Å². The number of carbonyl (C=O) groups excluding carboxylic acids is 1. The lowest BCUT2D eigenvalue weighted by atomic mass is 9.92. The number of carbonyl (C=O) groups is 1. The van der Waals surface area contributed by atoms with E-state index in [4.69, 9.17) is 0 Å². The Kier molecular flexibility index (Phi) is 4.93. The summed E-state index contributed by atoms with van der Waals surface area (Å²) in [6, 6.07) is 11.1. The molecule has 4 rings (SSSR count). The third-order valence-electron chi connectivity index (χ3n) is 5.92. The second-order valence-electron chi connectivity index (χ2n) is 7.64. The second kappa shape index (κ2) is 7.33. The number of hydrogen-bond donors (Lipinski definition) is 0. The van der Waals surface area contributed by atoms with E-state index in [1.54, 1.807) is 0 Å². The molecular weight excluding hydrogens is 326 g/mol. The highest BCUT2D eigenvalue weighted by molar-refractivity contribution is 7.10. The van der Waals surface area contributed by atoms with Gasteiger partial charge in [0.05, 0.1) is 6.04 Å². The van der Waals surface area contributed by atoms with Gasteiger partial charge in [-0.3, -0.25) is 4.79 Å². The highest BCUT2D eigenvalue weighted by Crippen LogP contribution is 2.38. The summed E-state index contributed by atoms with van der Waals surface area (Å²) >= 11 is 1.84. The van der Waals surface area contributed by atoms with Gasteiger partial charge in [-0.05, 0) is 48.3 Å². The van der Waals surface area contributed by atoms with Crippen molar-refractivity contribution in [2.45, 2.75) is 57.9 Å². The van der Waals surface area contributed by atoms with E-state index in [9.17, 15) is 4.79 Å². The molecule has 1 aliphatic carbocycles. The Labute approximate surface area is 154 Å². The van der Waals surface area contributed by atoms with Crippen LogP contribution in [-0.4, -0.2) is 17.4 Å². The normalized spacial score (nSPS) is 20.7. The molecule has 1 aromatic heterocycles. The van der Waals surface area contributed by atoms with Crippen LogP contribution in [0.3, 0.4) is 0 Å². The Hall–Kier alpha value is -1.61. The second-order valence-corrected chi connectivity index (χ2v) is 8.64. The van der Waals surface area contributed by atoms with Crippen LogP contribution in [0.15, 0.2) is 35.7 Å². The van der Waals surface area contributed by atoms with Crippen molar-refractivity contribution in [3.8, 4) is 0 Å². The van der Waals surface area contributed by atoms with Gasteiger partial charge in [0.2, 0.25) is 5.91 Å². The molecule has 0 radical (unpaired) electrons. The predicted molar refractivity (Wildman–Crippen MR) is 104 cm³/mol. The average molecular weight is 354 g/mol. The number of thiophene rings is 1. The van der Waals surface area contributed by atoms with Crippen LogP contribution in [0, 0.1) is 12.8 Å². The first-order chi connectivity index (χ1) is 12.2. The standard InChI is InChI=1S/C22H27NOS/c1-16-6-9-18(10-7-16)22-19-13-15-25-20(19)12-14-23(22)21(24)11-8-17-4-2-3-5-17/h6-7,9-10,13,15,17,22H,2-5,8,11-12,14H2,1H3/t22-/m1/s1. The summed E-state index contributed by atoms with van der Waals surface area (Å²) in [5.74, 6) is 1.12. The molecule has 1 amide bonds. The zero-order valence-corrected chi connectivity index (χ0v) is 15.9. The van der Waals surface area contributed by atoms with Crippen LogP contribution in [0.1, 0.15) is 66.1 Å². The van der Waals surface area contributed by atoms with Crippen molar-refractivity contribution < 1.29 is 4.79 Å². The molecule has 2 aliphatic rings. The lowest BCUT2D eigenvalue weighted by molar-refractivity contribution is -0.133. The molecule has 2 heterocycles. The topological polar surface area (TPSA) is 20.3 Å². The molecule has 1 aliphatic heterocycles. The van der Waals surface area contributed by atoms with Crippen LogP contribution in [0.25, 0.3) is 0 Å². The highest BCUT2D eigenvalue weighted by atomic mass is 32.1. The van der Waals surface area contributed by atoms with E-state index in [1.165, 1.54) is 47.3 Å². The van der Waals surface area contributed by atoms with Crippen molar-refractivity contribution in [3.63, 3.8) is 0 Å². The number of aryl methyl sites for hydroxylation is 1. The molecule has 2 nitrogen and oxygen atoms in total. The van der Waals surface area contributed by atoms with Gasteiger partial charge in [0.1, 0.15) is 0 Å². The first-order valence-electron chi connectivity index (χ1n) is 9.64. The molecule has 1 aromatic carbocycles. The van der Waals surface area contributed by atoms with Crippen molar-refractivity contribution in [1.82, 2.24) is 4.90 Å². The number of amides is 1. The summed E-state index contributed by atoms with van der Waals surface area (Å²) in [4.78, 5) is 16.7. The quantitative estimate of drug-likeness (QED) is 0.710. The SMILES string of the molecule is Cc1ccc([C@@H]2c3ccsc3CCN2C(=O)CCC2CCCC2)cc1. The first-order valence-corrected chi connectivity index (χ1v) is 10.5. The monoisotopic (exact) mass is 353 g/mol. The Morgan fingerprint density at radius 2 is 1.92 bits per heavy atom. The lowest BCUT2D eigenvalue weighted by Crippen LogP contribution is -2.40. The van der Waals surface area contributed by atoms with Crippen LogP contribution < -0.4 is 0 Å². The fourth-order valence-corrected chi connectivity index (χ4v) is 5.37. The van der Waals surface area contributed by atoms with Gasteiger partial charge in [0.15, 0.2) is 0 Å². The number of benzene rings is 1. The smallest absolute Gasteiger partial charge is 0.223 e. The fraction of sp³-hybridized carbons (Fsp3) is 0.500. The van der Waals surface area contributed by atoms with E-state index in [2.05, 4.69) is 47.5 Å². The van der Waals surface area contributed by atoms with E-state index in [1.807, 2.05) is 11.3 Å². The third kappa shape index (κ3) is 3.52. The maximum atomic E-state index is 13.1. The zero-order valence-electron chi connectivity index (χ0n) is 15.0. The molecule has 3 heteroatoms. The summed E-state index contributed by atoms with van der Waals surface area (Å²) < 4.78 is 0. The largest absolute Gasteiger partial charge is 0.331 e. The van der Waals surface area contributed by atoms with Crippen LogP contribution in [-0.2, 0) is 11.2 Å². The molecule has 1 fully saturated rings. The summed E-state index contributed by atoms with van der Waals surface area (Å²) in [6.07, 6.45) is 8.15. The number of hydrogen-bond acceptors (Lipinski definition) is 2. The molecule has 0 unspecified atom stereocenters. The van der Waals surface area contributed by atoms with Crippen LogP contribution in [0.5, 0.6) is 0 Å². The fourth-order valence-electron chi connectivity index (χ4n) is 4.46. The average Bonchev–Trinajstić information content (AvgIpc) is 3.31. The molecule has 0 N–H and O–H groups in total. The summed E-state index contributed by atoms with van der Waals surface area (Å²) in [5, 5.41) is 2.18. The summed E-state index contributed by atoms with van der Waals surface area (Å²) in [6.45, 7) is 2.97. The van der Waals surface area contributed by atoms with E-state index >= 15 is 0 Å². The molecule has 0 bridgehead atoms. The van der Waals surface area contributed by atoms with Gasteiger partial charge in [-0.25, -0.2) is 0 Å². The molecule has 1 saturated carbocycles. The van der Waals surface area contributed by atoms with Crippen molar-refractivity contribution in [2.75, 3.05) is 6.54 Å². The third-order valence-corrected chi connectivity index (χ3v) is 6.92. The maximum absolute atomic E-state index is 13.1. The Morgan fingerprint density at radius 3 is 2.68 bits per heavy atom. The Morgan fingerprint density at radius 1 is 1.16 bits per heavy atom. The van der Waals surface area contributed by atoms with Crippen LogP contribution in [0.2, 0.25) is 0 Å². The summed E-state index contributed by atoms with van der Waals surface area (Å²) in [7, 11) is 0. The van der Waals surface area contributed by atoms with Crippen molar-refractivity contribution in [1.29, 1.82) is 0 Å². The van der Waals surface area contributed by atoms with Crippen LogP contribution in [0.4, 0.5) is 0 Å². The first kappa shape index (κ1) is 16.8. The summed E-state index contributed by atoms with van der Waals surface area (Å²) in [5.41, 5.74) is 3.86. The molecule has 0 saturated heterocycles. The Balaban J connectivity index is 1.56. The van der Waals surface area contributed by atoms with E-state index in [0.29, 0.717) is 12.3 Å². The maximum Gasteiger partial charge on any atom is 0.223 e. The van der Waals surface area contributed by atoms with Crippen LogP contribution >= 0.6 is 11.3 Å². The molecule has 25 heavy (non-hydrogen) atoms. The van der Waals surface area contributed by atoms with Crippen molar-refractivity contribution in [3.05, 3.63) is 57.3 Å².